The zero-order valence-electron chi connectivity index (χ0n) is 13.9. The molecule has 1 unspecified atom stereocenters. The summed E-state index contributed by atoms with van der Waals surface area (Å²) in [5.41, 5.74) is 3.05. The molecule has 2 heterocycles. The van der Waals surface area contributed by atoms with Crippen LogP contribution < -0.4 is 5.32 Å². The van der Waals surface area contributed by atoms with Crippen LogP contribution in [0.4, 0.5) is 0 Å². The maximum Gasteiger partial charge on any atom is 0.226 e. The van der Waals surface area contributed by atoms with Crippen molar-refractivity contribution in [2.75, 3.05) is 13.2 Å². The number of nitrogens with zero attached hydrogens (tertiary/aromatic N) is 1. The minimum absolute atomic E-state index is 0.0406. The highest BCUT2D eigenvalue weighted by atomic mass is 16.5. The van der Waals surface area contributed by atoms with E-state index in [1.807, 2.05) is 42.5 Å². The van der Waals surface area contributed by atoms with Gasteiger partial charge in [0.15, 0.2) is 0 Å². The summed E-state index contributed by atoms with van der Waals surface area (Å²) in [7, 11) is 0. The first-order chi connectivity index (χ1) is 12.3. The lowest BCUT2D eigenvalue weighted by molar-refractivity contribution is -0.125. The number of fused-ring (bicyclic) bond motifs is 1. The molecule has 25 heavy (non-hydrogen) atoms. The highest BCUT2D eigenvalue weighted by Gasteiger charge is 2.27. The van der Waals surface area contributed by atoms with E-state index in [1.165, 1.54) is 0 Å². The Hall–Kier alpha value is -2.66. The number of carbonyl (C=O) groups is 1. The summed E-state index contributed by atoms with van der Waals surface area (Å²) < 4.78 is 5.35. The van der Waals surface area contributed by atoms with Gasteiger partial charge in [-0.25, -0.2) is 4.98 Å². The normalized spacial score (nSPS) is 18.3. The molecule has 4 rings (SSSR count). The number of nitrogens with one attached hydrogen (secondary N) is 2. The fraction of sp³-hybridized carbons (Fsp3) is 0.300. The Balaban J connectivity index is 1.61. The molecular weight excluding hydrogens is 314 g/mol. The lowest BCUT2D eigenvalue weighted by Crippen LogP contribution is -2.35. The van der Waals surface area contributed by atoms with E-state index in [0.29, 0.717) is 19.6 Å². The van der Waals surface area contributed by atoms with Gasteiger partial charge in [-0.1, -0.05) is 42.5 Å². The number of aromatic nitrogens is 2. The van der Waals surface area contributed by atoms with Crippen molar-refractivity contribution in [3.8, 4) is 0 Å². The molecule has 2 atom stereocenters. The topological polar surface area (TPSA) is 67.0 Å². The average molecular weight is 335 g/mol. The number of para-hydroxylation sites is 2. The molecule has 1 fully saturated rings. The largest absolute Gasteiger partial charge is 0.381 e. The second kappa shape index (κ2) is 7.07. The maximum atomic E-state index is 12.6. The van der Waals surface area contributed by atoms with E-state index in [2.05, 4.69) is 27.4 Å². The second-order valence-electron chi connectivity index (χ2n) is 6.45. The summed E-state index contributed by atoms with van der Waals surface area (Å²) in [6.45, 7) is 1.16. The van der Waals surface area contributed by atoms with Gasteiger partial charge in [-0.3, -0.25) is 4.79 Å². The number of carbonyl (C=O) groups excluding carboxylic acids is 1. The van der Waals surface area contributed by atoms with Gasteiger partial charge in [0.2, 0.25) is 5.91 Å². The van der Waals surface area contributed by atoms with Crippen molar-refractivity contribution in [2.45, 2.75) is 18.9 Å². The maximum absolute atomic E-state index is 12.6. The summed E-state index contributed by atoms with van der Waals surface area (Å²) in [5, 5.41) is 3.17. The number of ether oxygens (including phenoxy) is 1. The molecule has 0 saturated carbocycles. The van der Waals surface area contributed by atoms with E-state index in [4.69, 9.17) is 4.74 Å². The van der Waals surface area contributed by atoms with Crippen LogP contribution >= 0.6 is 0 Å². The van der Waals surface area contributed by atoms with E-state index in [-0.39, 0.29) is 17.9 Å². The number of H-pyrrole nitrogens is 1. The van der Waals surface area contributed by atoms with E-state index in [9.17, 15) is 4.79 Å². The standard InChI is InChI=1S/C20H21N3O2/c24-20(15-10-11-25-13-15)23-18(12-14-6-2-1-3-7-14)19-21-16-8-4-5-9-17(16)22-19/h1-9,15,18H,10-13H2,(H,21,22)(H,23,24)/t15?,18-/m0/s1. The molecule has 5 nitrogen and oxygen atoms in total. The number of hydrogen-bond donors (Lipinski definition) is 2. The first-order valence-corrected chi connectivity index (χ1v) is 8.66. The van der Waals surface area contributed by atoms with Crippen molar-refractivity contribution in [1.82, 2.24) is 15.3 Å². The highest BCUT2D eigenvalue weighted by Crippen LogP contribution is 2.21. The first-order valence-electron chi connectivity index (χ1n) is 8.66. The molecule has 1 saturated heterocycles. The molecule has 1 amide bonds. The number of hydrogen-bond acceptors (Lipinski definition) is 3. The van der Waals surface area contributed by atoms with Crippen molar-refractivity contribution in [3.05, 3.63) is 66.0 Å². The van der Waals surface area contributed by atoms with Gasteiger partial charge in [-0.2, -0.15) is 0 Å². The fourth-order valence-corrected chi connectivity index (χ4v) is 3.23. The smallest absolute Gasteiger partial charge is 0.226 e. The molecule has 1 aliphatic rings. The first kappa shape index (κ1) is 15.8. The van der Waals surface area contributed by atoms with E-state index >= 15 is 0 Å². The van der Waals surface area contributed by atoms with Gasteiger partial charge in [0, 0.05) is 6.61 Å². The van der Waals surface area contributed by atoms with Crippen molar-refractivity contribution in [2.24, 2.45) is 5.92 Å². The van der Waals surface area contributed by atoms with Crippen LogP contribution in [0.3, 0.4) is 0 Å². The Morgan fingerprint density at radius 3 is 2.76 bits per heavy atom. The Morgan fingerprint density at radius 2 is 2.00 bits per heavy atom. The summed E-state index contributed by atoms with van der Waals surface area (Å²) in [6, 6.07) is 17.9. The third kappa shape index (κ3) is 3.56. The lowest BCUT2D eigenvalue weighted by atomic mass is 10.0. The molecule has 0 aliphatic carbocycles. The average Bonchev–Trinajstić information content (AvgIpc) is 3.31. The van der Waals surface area contributed by atoms with Gasteiger partial charge in [0.25, 0.3) is 0 Å². The summed E-state index contributed by atoms with van der Waals surface area (Å²) in [4.78, 5) is 20.6. The number of amides is 1. The van der Waals surface area contributed by atoms with Crippen LogP contribution in [0.1, 0.15) is 23.9 Å². The summed E-state index contributed by atoms with van der Waals surface area (Å²) in [5.74, 6) is 0.763. The number of benzene rings is 2. The molecule has 0 bridgehead atoms. The minimum atomic E-state index is -0.192. The minimum Gasteiger partial charge on any atom is -0.381 e. The SMILES string of the molecule is O=C(N[C@@H](Cc1ccccc1)c1nc2ccccc2[nH]1)C1CCOC1. The van der Waals surface area contributed by atoms with Gasteiger partial charge in [0.05, 0.1) is 29.6 Å². The summed E-state index contributed by atoms with van der Waals surface area (Å²) in [6.07, 6.45) is 1.48. The van der Waals surface area contributed by atoms with Crippen LogP contribution in [0.2, 0.25) is 0 Å². The molecule has 1 aromatic heterocycles. The van der Waals surface area contributed by atoms with Gasteiger partial charge >= 0.3 is 0 Å². The van der Waals surface area contributed by atoms with Gasteiger partial charge in [-0.05, 0) is 30.5 Å². The predicted octanol–water partition coefficient (Wildman–Crippen LogP) is 3.00. The molecular formula is C20H21N3O2. The van der Waals surface area contributed by atoms with Gasteiger partial charge in [-0.15, -0.1) is 0 Å². The van der Waals surface area contributed by atoms with Crippen LogP contribution in [-0.2, 0) is 16.0 Å². The third-order valence-corrected chi connectivity index (χ3v) is 4.64. The Labute approximate surface area is 146 Å². The lowest BCUT2D eigenvalue weighted by Gasteiger charge is -2.19. The van der Waals surface area contributed by atoms with Crippen LogP contribution in [0.25, 0.3) is 11.0 Å². The molecule has 3 aromatic rings. The molecule has 1 aliphatic heterocycles. The quantitative estimate of drug-likeness (QED) is 0.753. The molecule has 0 radical (unpaired) electrons. The monoisotopic (exact) mass is 335 g/mol. The zero-order chi connectivity index (χ0) is 17.1. The second-order valence-corrected chi connectivity index (χ2v) is 6.45. The van der Waals surface area contributed by atoms with Crippen LogP contribution in [0, 0.1) is 5.92 Å². The van der Waals surface area contributed by atoms with E-state index < -0.39 is 0 Å². The molecule has 2 aromatic carbocycles. The van der Waals surface area contributed by atoms with Crippen LogP contribution in [0.15, 0.2) is 54.6 Å². The summed E-state index contributed by atoms with van der Waals surface area (Å²) >= 11 is 0. The molecule has 2 N–H and O–H groups in total. The van der Waals surface area contributed by atoms with Crippen molar-refractivity contribution < 1.29 is 9.53 Å². The number of imidazole rings is 1. The highest BCUT2D eigenvalue weighted by molar-refractivity contribution is 5.80. The van der Waals surface area contributed by atoms with Crippen molar-refractivity contribution in [1.29, 1.82) is 0 Å². The van der Waals surface area contributed by atoms with Gasteiger partial charge < -0.3 is 15.0 Å². The van der Waals surface area contributed by atoms with E-state index in [0.717, 1.165) is 28.8 Å². The molecule has 5 heteroatoms. The number of aromatic amines is 1. The van der Waals surface area contributed by atoms with Crippen molar-refractivity contribution >= 4 is 16.9 Å². The zero-order valence-corrected chi connectivity index (χ0v) is 13.9. The molecule has 128 valence electrons. The molecule has 0 spiro atoms. The predicted molar refractivity (Wildman–Crippen MR) is 96.0 cm³/mol. The Kier molecular flexibility index (Phi) is 4.48. The Morgan fingerprint density at radius 1 is 1.20 bits per heavy atom. The third-order valence-electron chi connectivity index (χ3n) is 4.64. The fourth-order valence-electron chi connectivity index (χ4n) is 3.23. The van der Waals surface area contributed by atoms with Crippen LogP contribution in [-0.4, -0.2) is 29.1 Å². The van der Waals surface area contributed by atoms with Crippen LogP contribution in [0.5, 0.6) is 0 Å². The van der Waals surface area contributed by atoms with Crippen molar-refractivity contribution in [3.63, 3.8) is 0 Å². The van der Waals surface area contributed by atoms with E-state index in [1.54, 1.807) is 0 Å². The number of rotatable bonds is 5. The Bertz CT molecular complexity index is 821. The van der Waals surface area contributed by atoms with Gasteiger partial charge in [0.1, 0.15) is 5.82 Å².